The molecule has 6 nitrogen and oxygen atoms in total. The number of rotatable bonds is 6. The van der Waals surface area contributed by atoms with Crippen molar-refractivity contribution >= 4 is 22.5 Å². The number of pyridine rings is 1. The molecule has 0 amide bonds. The smallest absolute Gasteiger partial charge is 0.157 e. The van der Waals surface area contributed by atoms with Gasteiger partial charge in [0.2, 0.25) is 0 Å². The lowest BCUT2D eigenvalue weighted by atomic mass is 9.97. The summed E-state index contributed by atoms with van der Waals surface area (Å²) in [6.07, 6.45) is 1.09. The normalized spacial score (nSPS) is 15.4. The quantitative estimate of drug-likeness (QED) is 0.283. The van der Waals surface area contributed by atoms with E-state index in [9.17, 15) is 5.26 Å². The van der Waals surface area contributed by atoms with Gasteiger partial charge in [-0.15, -0.1) is 0 Å². The van der Waals surface area contributed by atoms with Gasteiger partial charge in [0, 0.05) is 24.7 Å². The van der Waals surface area contributed by atoms with E-state index in [2.05, 4.69) is 71.6 Å². The number of fused-ring (bicyclic) bond motifs is 3. The topological polar surface area (TPSA) is 56.8 Å². The fraction of sp³-hybridized carbons (Fsp3) is 0.250. The Morgan fingerprint density at radius 1 is 1.00 bits per heavy atom. The monoisotopic (exact) mass is 501 g/mol. The largest absolute Gasteiger partial charge is 0.489 e. The molecule has 0 saturated carbocycles. The zero-order chi connectivity index (χ0) is 26.2. The van der Waals surface area contributed by atoms with Crippen molar-refractivity contribution in [2.75, 3.05) is 32.1 Å². The second-order valence-electron chi connectivity index (χ2n) is 10.2. The third kappa shape index (κ3) is 4.15. The third-order valence-corrected chi connectivity index (χ3v) is 7.67. The zero-order valence-corrected chi connectivity index (χ0v) is 22.1. The predicted octanol–water partition coefficient (Wildman–Crippen LogP) is 6.05. The van der Waals surface area contributed by atoms with E-state index < -0.39 is 0 Å². The van der Waals surface area contributed by atoms with Gasteiger partial charge in [-0.1, -0.05) is 54.6 Å². The third-order valence-electron chi connectivity index (χ3n) is 7.67. The number of aromatic nitrogens is 2. The molecule has 1 aliphatic rings. The van der Waals surface area contributed by atoms with Crippen LogP contribution in [-0.2, 0) is 6.61 Å². The van der Waals surface area contributed by atoms with E-state index in [0.717, 1.165) is 70.0 Å². The SMILES string of the molecule is Cc1c(-c2ccc(OCc3ccccc3)cc2)c(N2CC[C@H](N(C)C)C2)n2c(nc3ccccc32)c1C#N. The van der Waals surface area contributed by atoms with Crippen molar-refractivity contribution in [3.05, 3.63) is 95.6 Å². The van der Waals surface area contributed by atoms with Gasteiger partial charge in [0.25, 0.3) is 0 Å². The van der Waals surface area contributed by atoms with Crippen LogP contribution in [0.3, 0.4) is 0 Å². The number of likely N-dealkylation sites (N-methyl/N-ethyl adjacent to an activating group) is 1. The predicted molar refractivity (Wildman–Crippen MR) is 153 cm³/mol. The number of para-hydroxylation sites is 2. The van der Waals surface area contributed by atoms with Crippen molar-refractivity contribution in [2.24, 2.45) is 0 Å². The Morgan fingerprint density at radius 3 is 2.45 bits per heavy atom. The van der Waals surface area contributed by atoms with Crippen molar-refractivity contribution in [2.45, 2.75) is 26.0 Å². The fourth-order valence-electron chi connectivity index (χ4n) is 5.57. The van der Waals surface area contributed by atoms with E-state index in [1.54, 1.807) is 0 Å². The summed E-state index contributed by atoms with van der Waals surface area (Å²) >= 11 is 0. The maximum atomic E-state index is 10.3. The van der Waals surface area contributed by atoms with Crippen LogP contribution in [0.5, 0.6) is 5.75 Å². The molecule has 1 fully saturated rings. The molecule has 6 rings (SSSR count). The molecule has 0 aliphatic carbocycles. The minimum atomic E-state index is 0.470. The summed E-state index contributed by atoms with van der Waals surface area (Å²) in [5, 5.41) is 10.3. The summed E-state index contributed by atoms with van der Waals surface area (Å²) in [4.78, 5) is 9.69. The molecule has 0 radical (unpaired) electrons. The number of anilines is 1. The van der Waals surface area contributed by atoms with Crippen LogP contribution >= 0.6 is 0 Å². The highest BCUT2D eigenvalue weighted by molar-refractivity contribution is 5.92. The summed E-state index contributed by atoms with van der Waals surface area (Å²) in [5.74, 6) is 1.92. The van der Waals surface area contributed by atoms with Crippen molar-refractivity contribution in [1.82, 2.24) is 14.3 Å². The molecule has 0 bridgehead atoms. The van der Waals surface area contributed by atoms with Gasteiger partial charge in [0.1, 0.15) is 24.2 Å². The van der Waals surface area contributed by atoms with Gasteiger partial charge in [-0.2, -0.15) is 5.26 Å². The first-order valence-electron chi connectivity index (χ1n) is 13.1. The van der Waals surface area contributed by atoms with Gasteiger partial charge in [-0.05, 0) is 68.4 Å². The van der Waals surface area contributed by atoms with Gasteiger partial charge in [0.15, 0.2) is 5.65 Å². The Bertz CT molecular complexity index is 1650. The fourth-order valence-corrected chi connectivity index (χ4v) is 5.57. The molecule has 0 N–H and O–H groups in total. The van der Waals surface area contributed by atoms with Crippen LogP contribution < -0.4 is 9.64 Å². The highest BCUT2D eigenvalue weighted by atomic mass is 16.5. The minimum Gasteiger partial charge on any atom is -0.489 e. The summed E-state index contributed by atoms with van der Waals surface area (Å²) in [6.45, 7) is 4.44. The molecule has 5 aromatic rings. The summed E-state index contributed by atoms with van der Waals surface area (Å²) in [6, 6.07) is 29.5. The number of imidazole rings is 1. The minimum absolute atomic E-state index is 0.470. The van der Waals surface area contributed by atoms with Crippen LogP contribution in [0, 0.1) is 18.3 Å². The molecule has 0 spiro atoms. The Kier molecular flexibility index (Phi) is 6.22. The summed E-state index contributed by atoms with van der Waals surface area (Å²) < 4.78 is 8.26. The lowest BCUT2D eigenvalue weighted by Gasteiger charge is -2.27. The molecule has 38 heavy (non-hydrogen) atoms. The molecular weight excluding hydrogens is 470 g/mol. The summed E-state index contributed by atoms with van der Waals surface area (Å²) in [7, 11) is 4.30. The number of nitrogens with zero attached hydrogens (tertiary/aromatic N) is 5. The van der Waals surface area contributed by atoms with Gasteiger partial charge < -0.3 is 14.5 Å². The van der Waals surface area contributed by atoms with E-state index >= 15 is 0 Å². The lowest BCUT2D eigenvalue weighted by molar-refractivity contribution is 0.306. The van der Waals surface area contributed by atoms with E-state index in [-0.39, 0.29) is 0 Å². The zero-order valence-electron chi connectivity index (χ0n) is 22.1. The highest BCUT2D eigenvalue weighted by Crippen LogP contribution is 2.41. The first-order chi connectivity index (χ1) is 18.5. The molecule has 1 saturated heterocycles. The second-order valence-corrected chi connectivity index (χ2v) is 10.2. The maximum Gasteiger partial charge on any atom is 0.157 e. The number of benzene rings is 3. The standard InChI is InChI=1S/C32H31N5O/c1-22-27(19-33)31-34-28-11-7-8-12-29(28)37(31)32(36-18-17-25(20-36)35(2)3)30(22)24-13-15-26(16-14-24)38-21-23-9-5-4-6-10-23/h4-16,25H,17-18,20-21H2,1-3H3/t25-/m0/s1. The number of nitriles is 1. The van der Waals surface area contributed by atoms with Crippen LogP contribution in [0.2, 0.25) is 0 Å². The molecule has 2 aromatic heterocycles. The van der Waals surface area contributed by atoms with Crippen LogP contribution in [-0.4, -0.2) is 47.5 Å². The lowest BCUT2D eigenvalue weighted by Crippen LogP contribution is -2.32. The van der Waals surface area contributed by atoms with Gasteiger partial charge in [-0.25, -0.2) is 4.98 Å². The average Bonchev–Trinajstić information content (AvgIpc) is 3.58. The first kappa shape index (κ1) is 24.0. The van der Waals surface area contributed by atoms with Gasteiger partial charge in [-0.3, -0.25) is 4.40 Å². The van der Waals surface area contributed by atoms with Crippen LogP contribution in [0.25, 0.3) is 27.8 Å². The van der Waals surface area contributed by atoms with Crippen molar-refractivity contribution in [1.29, 1.82) is 5.26 Å². The number of ether oxygens (including phenoxy) is 1. The second kappa shape index (κ2) is 9.85. The average molecular weight is 502 g/mol. The van der Waals surface area contributed by atoms with Crippen LogP contribution in [0.1, 0.15) is 23.1 Å². The van der Waals surface area contributed by atoms with Crippen LogP contribution in [0.15, 0.2) is 78.9 Å². The Balaban J connectivity index is 1.50. The van der Waals surface area contributed by atoms with Crippen molar-refractivity contribution < 1.29 is 4.74 Å². The molecule has 190 valence electrons. The Morgan fingerprint density at radius 2 is 1.74 bits per heavy atom. The van der Waals surface area contributed by atoms with E-state index in [0.29, 0.717) is 18.2 Å². The Hall–Kier alpha value is -4.34. The van der Waals surface area contributed by atoms with Crippen molar-refractivity contribution in [3.63, 3.8) is 0 Å². The highest BCUT2D eigenvalue weighted by Gasteiger charge is 2.31. The number of hydrogen-bond acceptors (Lipinski definition) is 5. The van der Waals surface area contributed by atoms with Gasteiger partial charge >= 0.3 is 0 Å². The maximum absolute atomic E-state index is 10.3. The molecule has 0 unspecified atom stereocenters. The van der Waals surface area contributed by atoms with E-state index in [1.807, 2.05) is 48.5 Å². The van der Waals surface area contributed by atoms with Crippen molar-refractivity contribution in [3.8, 4) is 22.9 Å². The van der Waals surface area contributed by atoms with Gasteiger partial charge in [0.05, 0.1) is 16.6 Å². The number of hydrogen-bond donors (Lipinski definition) is 0. The molecule has 1 aliphatic heterocycles. The molecular formula is C32H31N5O. The van der Waals surface area contributed by atoms with E-state index in [1.165, 1.54) is 0 Å². The Labute approximate surface area is 223 Å². The molecule has 1 atom stereocenters. The first-order valence-corrected chi connectivity index (χ1v) is 13.1. The molecule has 6 heteroatoms. The molecule has 3 heterocycles. The molecule has 3 aromatic carbocycles. The van der Waals surface area contributed by atoms with Crippen LogP contribution in [0.4, 0.5) is 5.82 Å². The summed E-state index contributed by atoms with van der Waals surface area (Å²) in [5.41, 5.74) is 7.49. The van der Waals surface area contributed by atoms with E-state index in [4.69, 9.17) is 9.72 Å².